The van der Waals surface area contributed by atoms with E-state index in [9.17, 15) is 9.18 Å². The third-order valence-corrected chi connectivity index (χ3v) is 2.54. The lowest BCUT2D eigenvalue weighted by molar-refractivity contribution is 0.0453. The first-order valence-corrected chi connectivity index (χ1v) is 6.45. The third kappa shape index (κ3) is 6.06. The Morgan fingerprint density at radius 2 is 2.20 bits per heavy atom. The Kier molecular flexibility index (Phi) is 5.56. The summed E-state index contributed by atoms with van der Waals surface area (Å²) in [4.78, 5) is 14.4. The average molecular weight is 305 g/mol. The molecule has 1 amide bonds. The molecule has 1 rings (SSSR count). The summed E-state index contributed by atoms with van der Waals surface area (Å²) in [5.74, 6) is -0.681. The second-order valence-electron chi connectivity index (χ2n) is 5.57. The van der Waals surface area contributed by atoms with Crippen LogP contribution in [0.4, 0.5) is 9.18 Å². The van der Waals surface area contributed by atoms with Gasteiger partial charge in [0, 0.05) is 6.07 Å². The van der Waals surface area contributed by atoms with Crippen LogP contribution in [0.3, 0.4) is 0 Å². The van der Waals surface area contributed by atoms with Gasteiger partial charge >= 0.3 is 6.09 Å². The topological polar surface area (TPSA) is 74.4 Å². The van der Waals surface area contributed by atoms with Gasteiger partial charge in [0.15, 0.2) is 11.6 Å². The summed E-state index contributed by atoms with van der Waals surface area (Å²) in [6, 6.07) is 1.26. The molecular formula is C13H18ClFN2O3. The molecule has 5 nitrogen and oxygen atoms in total. The Morgan fingerprint density at radius 3 is 2.75 bits per heavy atom. The minimum atomic E-state index is -0.893. The molecule has 0 aromatic carbocycles. The van der Waals surface area contributed by atoms with Crippen LogP contribution in [0.15, 0.2) is 12.3 Å². The fourth-order valence-electron chi connectivity index (χ4n) is 1.67. The molecule has 0 aliphatic rings. The number of aromatic nitrogens is 1. The van der Waals surface area contributed by atoms with Gasteiger partial charge in [-0.1, -0.05) is 32.4 Å². The maximum Gasteiger partial charge on any atom is 0.404 e. The Balaban J connectivity index is 2.70. The van der Waals surface area contributed by atoms with Gasteiger partial charge in [-0.2, -0.15) is 0 Å². The number of hydrogen-bond donors (Lipinski definition) is 1. The number of primary amides is 1. The summed E-state index contributed by atoms with van der Waals surface area (Å²) >= 11 is 5.66. The Labute approximate surface area is 122 Å². The van der Waals surface area contributed by atoms with Crippen LogP contribution in [0.25, 0.3) is 0 Å². The Morgan fingerprint density at radius 1 is 1.55 bits per heavy atom. The molecule has 112 valence electrons. The summed E-state index contributed by atoms with van der Waals surface area (Å²) in [6.45, 7) is 5.92. The van der Waals surface area contributed by atoms with Crippen molar-refractivity contribution in [1.29, 1.82) is 0 Å². The molecule has 0 saturated carbocycles. The lowest BCUT2D eigenvalue weighted by Crippen LogP contribution is -2.31. The van der Waals surface area contributed by atoms with Crippen LogP contribution in [0, 0.1) is 11.2 Å². The van der Waals surface area contributed by atoms with E-state index in [1.807, 2.05) is 20.8 Å². The number of pyridine rings is 1. The molecule has 1 atom stereocenters. The Bertz CT molecular complexity index is 477. The molecule has 20 heavy (non-hydrogen) atoms. The molecule has 0 fully saturated rings. The third-order valence-electron chi connectivity index (χ3n) is 2.33. The van der Waals surface area contributed by atoms with Crippen LogP contribution < -0.4 is 10.5 Å². The van der Waals surface area contributed by atoms with Crippen LogP contribution in [0.1, 0.15) is 27.2 Å². The predicted molar refractivity (Wildman–Crippen MR) is 73.2 cm³/mol. The minimum Gasteiger partial charge on any atom is -0.486 e. The van der Waals surface area contributed by atoms with E-state index in [1.165, 1.54) is 6.07 Å². The van der Waals surface area contributed by atoms with Gasteiger partial charge in [0.05, 0.1) is 6.20 Å². The summed E-state index contributed by atoms with van der Waals surface area (Å²) in [6.07, 6.45) is 0.0248. The summed E-state index contributed by atoms with van der Waals surface area (Å²) in [5, 5.41) is 0.115. The van der Waals surface area contributed by atoms with Gasteiger partial charge in [0.2, 0.25) is 0 Å². The molecule has 0 bridgehead atoms. The van der Waals surface area contributed by atoms with Crippen molar-refractivity contribution in [3.05, 3.63) is 23.2 Å². The van der Waals surface area contributed by atoms with Gasteiger partial charge in [-0.05, 0) is 11.8 Å². The van der Waals surface area contributed by atoms with E-state index in [1.54, 1.807) is 0 Å². The highest BCUT2D eigenvalue weighted by molar-refractivity contribution is 6.29. The van der Waals surface area contributed by atoms with Gasteiger partial charge < -0.3 is 15.2 Å². The van der Waals surface area contributed by atoms with E-state index in [2.05, 4.69) is 4.98 Å². The van der Waals surface area contributed by atoms with Crippen molar-refractivity contribution in [3.8, 4) is 5.75 Å². The molecule has 1 unspecified atom stereocenters. The van der Waals surface area contributed by atoms with Crippen molar-refractivity contribution in [2.45, 2.75) is 33.3 Å². The predicted octanol–water partition coefficient (Wildman–Crippen LogP) is 3.15. The number of nitrogens with two attached hydrogens (primary N) is 1. The molecule has 1 aromatic heterocycles. The van der Waals surface area contributed by atoms with Crippen molar-refractivity contribution in [3.63, 3.8) is 0 Å². The van der Waals surface area contributed by atoms with Crippen molar-refractivity contribution < 1.29 is 18.7 Å². The second kappa shape index (κ2) is 6.74. The number of carbonyl (C=O) groups excluding carboxylic acids is 1. The van der Waals surface area contributed by atoms with E-state index < -0.39 is 18.0 Å². The van der Waals surface area contributed by atoms with Crippen LogP contribution in [-0.4, -0.2) is 23.8 Å². The SMILES string of the molecule is CC(C)(C)CC(COc1cc(Cl)ncc1F)OC(N)=O. The minimum absolute atomic E-state index is 0.0164. The normalized spacial score (nSPS) is 12.8. The number of amides is 1. The number of halogens is 2. The van der Waals surface area contributed by atoms with Gasteiger partial charge in [-0.15, -0.1) is 0 Å². The van der Waals surface area contributed by atoms with Crippen LogP contribution >= 0.6 is 11.6 Å². The average Bonchev–Trinajstić information content (AvgIpc) is 2.27. The van der Waals surface area contributed by atoms with Gasteiger partial charge in [0.1, 0.15) is 17.9 Å². The van der Waals surface area contributed by atoms with Crippen molar-refractivity contribution in [2.24, 2.45) is 11.1 Å². The van der Waals surface area contributed by atoms with E-state index >= 15 is 0 Å². The van der Waals surface area contributed by atoms with Crippen molar-refractivity contribution >= 4 is 17.7 Å². The van der Waals surface area contributed by atoms with Gasteiger partial charge in [-0.25, -0.2) is 14.2 Å². The van der Waals surface area contributed by atoms with E-state index in [0.29, 0.717) is 6.42 Å². The first kappa shape index (κ1) is 16.5. The highest BCUT2D eigenvalue weighted by atomic mass is 35.5. The fraction of sp³-hybridized carbons (Fsp3) is 0.538. The first-order valence-electron chi connectivity index (χ1n) is 6.07. The molecule has 0 aliphatic heterocycles. The fourth-order valence-corrected chi connectivity index (χ4v) is 1.82. The zero-order valence-electron chi connectivity index (χ0n) is 11.7. The summed E-state index contributed by atoms with van der Waals surface area (Å²) in [5.41, 5.74) is 4.91. The molecule has 7 heteroatoms. The van der Waals surface area contributed by atoms with Crippen LogP contribution in [-0.2, 0) is 4.74 Å². The molecule has 1 heterocycles. The highest BCUT2D eigenvalue weighted by Gasteiger charge is 2.22. The zero-order chi connectivity index (χ0) is 15.3. The number of rotatable bonds is 5. The van der Waals surface area contributed by atoms with Crippen LogP contribution in [0.5, 0.6) is 5.75 Å². The molecule has 0 radical (unpaired) electrons. The second-order valence-corrected chi connectivity index (χ2v) is 5.96. The Hall–Kier alpha value is -1.56. The van der Waals surface area contributed by atoms with Gasteiger partial charge in [-0.3, -0.25) is 0 Å². The van der Waals surface area contributed by atoms with E-state index in [0.717, 1.165) is 6.20 Å². The maximum absolute atomic E-state index is 13.4. The van der Waals surface area contributed by atoms with E-state index in [4.69, 9.17) is 26.8 Å². The first-order chi connectivity index (χ1) is 9.17. The smallest absolute Gasteiger partial charge is 0.404 e. The maximum atomic E-state index is 13.4. The molecule has 0 saturated heterocycles. The standard InChI is InChI=1S/C13H18ClFN2O3/c1-13(2,3)5-8(20-12(16)18)7-19-10-4-11(14)17-6-9(10)15/h4,6,8H,5,7H2,1-3H3,(H2,16,18). The highest BCUT2D eigenvalue weighted by Crippen LogP contribution is 2.24. The number of hydrogen-bond acceptors (Lipinski definition) is 4. The zero-order valence-corrected chi connectivity index (χ0v) is 12.4. The molecule has 1 aromatic rings. The van der Waals surface area contributed by atoms with Crippen molar-refractivity contribution in [1.82, 2.24) is 4.98 Å². The largest absolute Gasteiger partial charge is 0.486 e. The lowest BCUT2D eigenvalue weighted by Gasteiger charge is -2.25. The quantitative estimate of drug-likeness (QED) is 0.848. The molecule has 0 aliphatic carbocycles. The monoisotopic (exact) mass is 304 g/mol. The van der Waals surface area contributed by atoms with Crippen LogP contribution in [0.2, 0.25) is 5.15 Å². The van der Waals surface area contributed by atoms with Gasteiger partial charge in [0.25, 0.3) is 0 Å². The number of nitrogens with zero attached hydrogens (tertiary/aromatic N) is 1. The lowest BCUT2D eigenvalue weighted by atomic mass is 9.89. The molecule has 0 spiro atoms. The molecule has 2 N–H and O–H groups in total. The number of carbonyl (C=O) groups is 1. The van der Waals surface area contributed by atoms with E-state index in [-0.39, 0.29) is 22.9 Å². The number of ether oxygens (including phenoxy) is 2. The summed E-state index contributed by atoms with van der Waals surface area (Å²) in [7, 11) is 0. The summed E-state index contributed by atoms with van der Waals surface area (Å²) < 4.78 is 23.7. The molecular weight excluding hydrogens is 287 g/mol. The van der Waals surface area contributed by atoms with Crippen molar-refractivity contribution in [2.75, 3.05) is 6.61 Å².